The molecule has 45 heavy (non-hydrogen) atoms. The second kappa shape index (κ2) is 11.4. The summed E-state index contributed by atoms with van der Waals surface area (Å²) in [5, 5.41) is 3.66. The SMILES string of the molecule is COc1c2n(cc(C(=O)NCc3c(F)cc(F)cc3F)c1=O)[C@@H]1CN(C2=O)[C@@H](C)CC[C@]12CC(=O)N([C@H](C)c1ccccc1)O2. The van der Waals surface area contributed by atoms with Gasteiger partial charge in [0.25, 0.3) is 11.8 Å². The van der Waals surface area contributed by atoms with Crippen molar-refractivity contribution in [3.05, 3.63) is 98.7 Å². The van der Waals surface area contributed by atoms with Crippen LogP contribution in [0.1, 0.15) is 77.2 Å². The third-order valence-electron chi connectivity index (χ3n) is 9.08. The predicted molar refractivity (Wildman–Crippen MR) is 154 cm³/mol. The fourth-order valence-electron chi connectivity index (χ4n) is 6.58. The number of pyridine rings is 1. The Bertz CT molecular complexity index is 1740. The Morgan fingerprint density at radius 1 is 1.13 bits per heavy atom. The summed E-state index contributed by atoms with van der Waals surface area (Å²) in [6.07, 6.45) is 2.10. The Morgan fingerprint density at radius 3 is 2.49 bits per heavy atom. The van der Waals surface area contributed by atoms with Crippen LogP contribution in [0.2, 0.25) is 0 Å². The molecule has 236 valence electrons. The number of rotatable bonds is 6. The molecule has 3 aromatic rings. The van der Waals surface area contributed by atoms with Gasteiger partial charge in [-0.25, -0.2) is 18.2 Å². The lowest BCUT2D eigenvalue weighted by molar-refractivity contribution is -0.228. The quantitative estimate of drug-likeness (QED) is 0.444. The molecule has 1 N–H and O–H groups in total. The van der Waals surface area contributed by atoms with E-state index in [0.717, 1.165) is 5.56 Å². The van der Waals surface area contributed by atoms with Crippen molar-refractivity contribution in [2.24, 2.45) is 0 Å². The summed E-state index contributed by atoms with van der Waals surface area (Å²) in [6.45, 7) is 3.19. The van der Waals surface area contributed by atoms with Crippen molar-refractivity contribution in [1.82, 2.24) is 19.8 Å². The lowest BCUT2D eigenvalue weighted by Gasteiger charge is -2.42. The fourth-order valence-corrected chi connectivity index (χ4v) is 6.58. The molecule has 1 spiro atoms. The molecule has 0 aliphatic carbocycles. The number of methoxy groups -OCH3 is 1. The van der Waals surface area contributed by atoms with Gasteiger partial charge in [0.15, 0.2) is 11.4 Å². The molecule has 6 rings (SSSR count). The Labute approximate surface area is 256 Å². The summed E-state index contributed by atoms with van der Waals surface area (Å²) in [7, 11) is 1.20. The van der Waals surface area contributed by atoms with E-state index in [0.29, 0.717) is 25.0 Å². The van der Waals surface area contributed by atoms with Crippen LogP contribution in [-0.2, 0) is 16.2 Å². The molecule has 13 heteroatoms. The van der Waals surface area contributed by atoms with Gasteiger partial charge in [-0.3, -0.25) is 24.0 Å². The minimum Gasteiger partial charge on any atom is -0.491 e. The number of hydroxylamine groups is 2. The molecule has 4 atom stereocenters. The molecule has 3 aliphatic rings. The number of nitrogens with one attached hydrogen (secondary N) is 1. The van der Waals surface area contributed by atoms with E-state index < -0.39 is 70.1 Å². The fraction of sp³-hybridized carbons (Fsp3) is 0.375. The molecule has 3 aliphatic heterocycles. The van der Waals surface area contributed by atoms with Crippen molar-refractivity contribution >= 4 is 17.7 Å². The smallest absolute Gasteiger partial charge is 0.274 e. The van der Waals surface area contributed by atoms with Crippen molar-refractivity contribution in [2.75, 3.05) is 13.7 Å². The third-order valence-corrected chi connectivity index (χ3v) is 9.08. The Kier molecular flexibility index (Phi) is 7.67. The van der Waals surface area contributed by atoms with Gasteiger partial charge in [0.1, 0.15) is 28.6 Å². The van der Waals surface area contributed by atoms with Crippen molar-refractivity contribution in [3.8, 4) is 5.75 Å². The Morgan fingerprint density at radius 2 is 1.82 bits per heavy atom. The molecule has 4 heterocycles. The van der Waals surface area contributed by atoms with Crippen LogP contribution in [0.15, 0.2) is 53.5 Å². The average Bonchev–Trinajstić information content (AvgIpc) is 3.29. The van der Waals surface area contributed by atoms with E-state index in [1.54, 1.807) is 4.90 Å². The molecule has 0 saturated carbocycles. The van der Waals surface area contributed by atoms with Gasteiger partial charge in [0, 0.05) is 43.0 Å². The number of carbonyl (C=O) groups excluding carboxylic acids is 3. The first-order valence-corrected chi connectivity index (χ1v) is 14.6. The van der Waals surface area contributed by atoms with Crippen molar-refractivity contribution < 1.29 is 37.1 Å². The minimum absolute atomic E-state index is 0.0118. The molecule has 10 nitrogen and oxygen atoms in total. The molecule has 3 amide bonds. The lowest BCUT2D eigenvalue weighted by Crippen LogP contribution is -2.52. The van der Waals surface area contributed by atoms with Crippen molar-refractivity contribution in [3.63, 3.8) is 0 Å². The lowest BCUT2D eigenvalue weighted by atomic mass is 9.85. The molecule has 2 fully saturated rings. The number of amides is 3. The first-order valence-electron chi connectivity index (χ1n) is 14.6. The van der Waals surface area contributed by atoms with Gasteiger partial charge in [-0.15, -0.1) is 0 Å². The van der Waals surface area contributed by atoms with Gasteiger partial charge in [0.05, 0.1) is 25.6 Å². The van der Waals surface area contributed by atoms with E-state index in [-0.39, 0.29) is 36.4 Å². The van der Waals surface area contributed by atoms with Gasteiger partial charge in [-0.1, -0.05) is 30.3 Å². The first kappa shape index (κ1) is 30.4. The zero-order valence-corrected chi connectivity index (χ0v) is 24.8. The summed E-state index contributed by atoms with van der Waals surface area (Å²) in [5.41, 5.74) is -2.31. The maximum atomic E-state index is 14.2. The summed E-state index contributed by atoms with van der Waals surface area (Å²) in [5.74, 6) is -5.64. The van der Waals surface area contributed by atoms with Crippen molar-refractivity contribution in [1.29, 1.82) is 0 Å². The monoisotopic (exact) mass is 624 g/mol. The second-order valence-corrected chi connectivity index (χ2v) is 11.7. The van der Waals surface area contributed by atoms with Crippen LogP contribution in [0, 0.1) is 17.5 Å². The first-order chi connectivity index (χ1) is 21.5. The van der Waals surface area contributed by atoms with Crippen LogP contribution in [0.5, 0.6) is 5.75 Å². The van der Waals surface area contributed by atoms with E-state index in [9.17, 15) is 32.3 Å². The van der Waals surface area contributed by atoms with Gasteiger partial charge in [-0.2, -0.15) is 0 Å². The van der Waals surface area contributed by atoms with Gasteiger partial charge < -0.3 is 19.5 Å². The van der Waals surface area contributed by atoms with E-state index in [1.807, 2.05) is 44.2 Å². The molecule has 2 saturated heterocycles. The van der Waals surface area contributed by atoms with E-state index in [1.165, 1.54) is 22.9 Å². The highest BCUT2D eigenvalue weighted by molar-refractivity contribution is 5.99. The topological polar surface area (TPSA) is 110 Å². The number of fused-ring (bicyclic) bond motifs is 5. The molecule has 2 aromatic carbocycles. The standard InChI is InChI=1S/C32H31F3N4O6/c1-17-9-10-32(13-26(40)39(45-32)18(2)19-7-5-4-6-8-19)25-16-37(17)31(43)27-29(44-3)28(41)22(15-38(25)27)30(42)36-14-21-23(34)11-20(33)12-24(21)35/h4-8,11-12,15,17-18,25H,9-10,13-14,16H2,1-3H3,(H,36,42)/t17-,18+,25+,32-/m0/s1. The number of hydrogen-bond acceptors (Lipinski definition) is 6. The normalized spacial score (nSPS) is 23.2. The van der Waals surface area contributed by atoms with Gasteiger partial charge >= 0.3 is 0 Å². The Balaban J connectivity index is 1.41. The highest BCUT2D eigenvalue weighted by atomic mass is 19.1. The summed E-state index contributed by atoms with van der Waals surface area (Å²) in [4.78, 5) is 62.4. The highest BCUT2D eigenvalue weighted by Crippen LogP contribution is 2.48. The number of hydrogen-bond donors (Lipinski definition) is 1. The van der Waals surface area contributed by atoms with Crippen LogP contribution in [-0.4, -0.2) is 57.5 Å². The molecular formula is C32H31F3N4O6. The van der Waals surface area contributed by atoms with Crippen LogP contribution in [0.4, 0.5) is 13.2 Å². The number of nitrogens with zero attached hydrogens (tertiary/aromatic N) is 3. The zero-order valence-electron chi connectivity index (χ0n) is 24.8. The molecule has 2 bridgehead atoms. The maximum Gasteiger partial charge on any atom is 0.274 e. The Hall–Kier alpha value is -4.65. The van der Waals surface area contributed by atoms with Crippen LogP contribution in [0.3, 0.4) is 0 Å². The van der Waals surface area contributed by atoms with Gasteiger partial charge in [0.2, 0.25) is 11.3 Å². The van der Waals surface area contributed by atoms with Crippen LogP contribution < -0.4 is 15.5 Å². The average molecular weight is 625 g/mol. The zero-order chi connectivity index (χ0) is 32.2. The summed E-state index contributed by atoms with van der Waals surface area (Å²) >= 11 is 0. The number of aromatic nitrogens is 1. The number of benzene rings is 2. The molecule has 1 aromatic heterocycles. The number of ether oxygens (including phenoxy) is 1. The van der Waals surface area contributed by atoms with E-state index in [4.69, 9.17) is 9.57 Å². The largest absolute Gasteiger partial charge is 0.491 e. The minimum atomic E-state index is -1.20. The van der Waals surface area contributed by atoms with Crippen LogP contribution >= 0.6 is 0 Å². The second-order valence-electron chi connectivity index (χ2n) is 11.7. The summed E-state index contributed by atoms with van der Waals surface area (Å²) < 4.78 is 48.7. The van der Waals surface area contributed by atoms with E-state index in [2.05, 4.69) is 5.32 Å². The number of carbonyl (C=O) groups is 3. The van der Waals surface area contributed by atoms with Crippen LogP contribution in [0.25, 0.3) is 0 Å². The highest BCUT2D eigenvalue weighted by Gasteiger charge is 2.57. The maximum absolute atomic E-state index is 14.2. The molecule has 0 unspecified atom stereocenters. The van der Waals surface area contributed by atoms with Crippen molar-refractivity contribution in [2.45, 2.75) is 63.4 Å². The van der Waals surface area contributed by atoms with E-state index >= 15 is 0 Å². The number of halogens is 3. The third kappa shape index (κ3) is 5.04. The van der Waals surface area contributed by atoms with Gasteiger partial charge in [-0.05, 0) is 32.3 Å². The predicted octanol–water partition coefficient (Wildman–Crippen LogP) is 4.05. The summed E-state index contributed by atoms with van der Waals surface area (Å²) in [6, 6.07) is 8.97. The molecule has 0 radical (unpaired) electrons. The molecular weight excluding hydrogens is 593 g/mol.